The van der Waals surface area contributed by atoms with Gasteiger partial charge in [0.15, 0.2) is 0 Å². The highest BCUT2D eigenvalue weighted by Crippen LogP contribution is 2.35. The number of thiophene rings is 1. The van der Waals surface area contributed by atoms with E-state index < -0.39 is 0 Å². The maximum atomic E-state index is 13.0. The number of rotatable bonds is 3. The first kappa shape index (κ1) is 21.3. The highest BCUT2D eigenvalue weighted by atomic mass is 35.5. The van der Waals surface area contributed by atoms with E-state index in [1.807, 2.05) is 11.9 Å². The number of fused-ring (bicyclic) bond motifs is 1. The Balaban J connectivity index is 0.00000225. The standard InChI is InChI=1S/C20H29N5OS.ClH/c1-13-14(2)27-19-17(13)18(22-12-23-19)25-10-6-15(7-11-25)20(26)24(3)16-4-8-21-9-5-16;/h12,15-16,21H,4-11H2,1-3H3;1H. The molecule has 0 atom stereocenters. The van der Waals surface area contributed by atoms with Crippen molar-refractivity contribution < 1.29 is 4.79 Å². The van der Waals surface area contributed by atoms with Gasteiger partial charge >= 0.3 is 0 Å². The average Bonchev–Trinajstić information content (AvgIpc) is 3.01. The van der Waals surface area contributed by atoms with E-state index >= 15 is 0 Å². The van der Waals surface area contributed by atoms with E-state index in [1.54, 1.807) is 17.7 Å². The summed E-state index contributed by atoms with van der Waals surface area (Å²) in [5.41, 5.74) is 1.29. The minimum atomic E-state index is 0. The molecular weight excluding hydrogens is 394 g/mol. The first-order valence-electron chi connectivity index (χ1n) is 9.99. The van der Waals surface area contributed by atoms with Gasteiger partial charge in [0, 0.05) is 37.0 Å². The number of carbonyl (C=O) groups excluding carboxylic acids is 1. The van der Waals surface area contributed by atoms with Crippen LogP contribution in [0.5, 0.6) is 0 Å². The molecule has 1 N–H and O–H groups in total. The number of nitrogens with one attached hydrogen (secondary N) is 1. The molecule has 0 spiro atoms. The fourth-order valence-corrected chi connectivity index (χ4v) is 5.40. The van der Waals surface area contributed by atoms with E-state index in [0.717, 1.165) is 62.5 Å². The molecule has 4 rings (SSSR count). The molecular formula is C20H30ClN5OS. The summed E-state index contributed by atoms with van der Waals surface area (Å²) in [5, 5.41) is 4.57. The summed E-state index contributed by atoms with van der Waals surface area (Å²) in [6.07, 6.45) is 5.62. The van der Waals surface area contributed by atoms with Crippen LogP contribution in [0.2, 0.25) is 0 Å². The van der Waals surface area contributed by atoms with Gasteiger partial charge in [-0.3, -0.25) is 4.79 Å². The minimum Gasteiger partial charge on any atom is -0.356 e. The van der Waals surface area contributed by atoms with Gasteiger partial charge in [0.2, 0.25) is 5.91 Å². The Morgan fingerprint density at radius 2 is 1.86 bits per heavy atom. The van der Waals surface area contributed by atoms with E-state index in [0.29, 0.717) is 11.9 Å². The molecule has 0 bridgehead atoms. The summed E-state index contributed by atoms with van der Waals surface area (Å²) in [4.78, 5) is 28.8. The average molecular weight is 424 g/mol. The zero-order valence-electron chi connectivity index (χ0n) is 16.9. The zero-order valence-corrected chi connectivity index (χ0v) is 18.5. The molecule has 0 radical (unpaired) electrons. The molecule has 0 aliphatic carbocycles. The highest BCUT2D eigenvalue weighted by molar-refractivity contribution is 7.18. The second-order valence-corrected chi connectivity index (χ2v) is 9.06. The van der Waals surface area contributed by atoms with Crippen LogP contribution in [0.25, 0.3) is 10.2 Å². The largest absolute Gasteiger partial charge is 0.356 e. The first-order valence-corrected chi connectivity index (χ1v) is 10.8. The number of hydrogen-bond donors (Lipinski definition) is 1. The molecule has 2 fully saturated rings. The van der Waals surface area contributed by atoms with Gasteiger partial charge in [-0.05, 0) is 58.2 Å². The van der Waals surface area contributed by atoms with E-state index in [-0.39, 0.29) is 18.3 Å². The van der Waals surface area contributed by atoms with Gasteiger partial charge in [-0.25, -0.2) is 9.97 Å². The molecule has 2 saturated heterocycles. The number of piperidine rings is 2. The SMILES string of the molecule is Cc1sc2ncnc(N3CCC(C(=O)N(C)C4CCNCC4)CC3)c2c1C.Cl. The van der Waals surface area contributed by atoms with Crippen molar-refractivity contribution in [1.29, 1.82) is 0 Å². The molecule has 2 aromatic rings. The number of hydrogen-bond acceptors (Lipinski definition) is 6. The molecule has 2 aliphatic heterocycles. The maximum absolute atomic E-state index is 13.0. The van der Waals surface area contributed by atoms with Gasteiger partial charge in [-0.15, -0.1) is 23.7 Å². The second kappa shape index (κ2) is 8.93. The quantitative estimate of drug-likeness (QED) is 0.821. The summed E-state index contributed by atoms with van der Waals surface area (Å²) in [7, 11) is 2.00. The number of aromatic nitrogens is 2. The van der Waals surface area contributed by atoms with E-state index in [2.05, 4.69) is 34.0 Å². The lowest BCUT2D eigenvalue weighted by Crippen LogP contribution is -2.48. The van der Waals surface area contributed by atoms with Crippen LogP contribution >= 0.6 is 23.7 Å². The monoisotopic (exact) mass is 423 g/mol. The predicted molar refractivity (Wildman–Crippen MR) is 118 cm³/mol. The van der Waals surface area contributed by atoms with Gasteiger partial charge in [-0.1, -0.05) is 0 Å². The van der Waals surface area contributed by atoms with Crippen LogP contribution in [-0.2, 0) is 4.79 Å². The van der Waals surface area contributed by atoms with Gasteiger partial charge in [0.1, 0.15) is 17.0 Å². The van der Waals surface area contributed by atoms with Gasteiger partial charge in [0.25, 0.3) is 0 Å². The van der Waals surface area contributed by atoms with Crippen molar-refractivity contribution in [2.75, 3.05) is 38.1 Å². The highest BCUT2D eigenvalue weighted by Gasteiger charge is 2.31. The Morgan fingerprint density at radius 3 is 2.54 bits per heavy atom. The van der Waals surface area contributed by atoms with Crippen LogP contribution in [0.15, 0.2) is 6.33 Å². The van der Waals surface area contributed by atoms with E-state index in [9.17, 15) is 4.79 Å². The topological polar surface area (TPSA) is 61.4 Å². The van der Waals surface area contributed by atoms with Gasteiger partial charge in [0.05, 0.1) is 5.39 Å². The third-order valence-corrected chi connectivity index (χ3v) is 7.41. The number of aryl methyl sites for hydroxylation is 2. The van der Waals surface area contributed by atoms with E-state index in [1.165, 1.54) is 15.8 Å². The number of amides is 1. The lowest BCUT2D eigenvalue weighted by atomic mass is 9.93. The molecule has 4 heterocycles. The molecule has 2 aliphatic rings. The van der Waals surface area contributed by atoms with Crippen LogP contribution in [0.3, 0.4) is 0 Å². The third kappa shape index (κ3) is 3.98. The lowest BCUT2D eigenvalue weighted by Gasteiger charge is -2.37. The molecule has 28 heavy (non-hydrogen) atoms. The second-order valence-electron chi connectivity index (χ2n) is 7.85. The van der Waals surface area contributed by atoms with Crippen LogP contribution < -0.4 is 10.2 Å². The lowest BCUT2D eigenvalue weighted by molar-refractivity contribution is -0.137. The number of carbonyl (C=O) groups is 1. The van der Waals surface area contributed by atoms with Crippen molar-refractivity contribution >= 4 is 45.7 Å². The fourth-order valence-electron chi connectivity index (χ4n) is 4.40. The smallest absolute Gasteiger partial charge is 0.225 e. The molecule has 1 amide bonds. The predicted octanol–water partition coefficient (Wildman–Crippen LogP) is 3.16. The summed E-state index contributed by atoms with van der Waals surface area (Å²) in [6.45, 7) is 8.11. The van der Waals surface area contributed by atoms with Crippen LogP contribution in [0.4, 0.5) is 5.82 Å². The maximum Gasteiger partial charge on any atom is 0.225 e. The van der Waals surface area contributed by atoms with Crippen LogP contribution in [-0.4, -0.2) is 60.0 Å². The fraction of sp³-hybridized carbons (Fsp3) is 0.650. The summed E-state index contributed by atoms with van der Waals surface area (Å²) in [6, 6.07) is 0.398. The normalized spacial score (nSPS) is 18.9. The molecule has 0 unspecified atom stereocenters. The molecule has 0 saturated carbocycles. The summed E-state index contributed by atoms with van der Waals surface area (Å²) >= 11 is 1.74. The van der Waals surface area contributed by atoms with Crippen LogP contribution in [0, 0.1) is 19.8 Å². The van der Waals surface area contributed by atoms with Gasteiger partial charge < -0.3 is 15.1 Å². The van der Waals surface area contributed by atoms with Crippen molar-refractivity contribution in [2.24, 2.45) is 5.92 Å². The van der Waals surface area contributed by atoms with Crippen molar-refractivity contribution in [3.8, 4) is 0 Å². The Bertz CT molecular complexity index is 827. The number of nitrogens with zero attached hydrogens (tertiary/aromatic N) is 4. The Morgan fingerprint density at radius 1 is 1.18 bits per heavy atom. The molecule has 0 aromatic carbocycles. The number of halogens is 1. The third-order valence-electron chi connectivity index (χ3n) is 6.29. The van der Waals surface area contributed by atoms with Gasteiger partial charge in [-0.2, -0.15) is 0 Å². The van der Waals surface area contributed by atoms with Crippen molar-refractivity contribution in [3.63, 3.8) is 0 Å². The number of anilines is 1. The minimum absolute atomic E-state index is 0. The molecule has 8 heteroatoms. The molecule has 2 aromatic heterocycles. The van der Waals surface area contributed by atoms with Crippen LogP contribution in [0.1, 0.15) is 36.1 Å². The summed E-state index contributed by atoms with van der Waals surface area (Å²) in [5.74, 6) is 1.51. The van der Waals surface area contributed by atoms with E-state index in [4.69, 9.17) is 0 Å². The molecule has 6 nitrogen and oxygen atoms in total. The zero-order chi connectivity index (χ0) is 19.0. The van der Waals surface area contributed by atoms with Crippen molar-refractivity contribution in [2.45, 2.75) is 45.6 Å². The Hall–Kier alpha value is -1.44. The molecule has 154 valence electrons. The van der Waals surface area contributed by atoms with Crippen molar-refractivity contribution in [3.05, 3.63) is 16.8 Å². The Labute approximate surface area is 177 Å². The first-order chi connectivity index (χ1) is 13.1. The Kier molecular flexibility index (Phi) is 6.78. The van der Waals surface area contributed by atoms with Crippen molar-refractivity contribution in [1.82, 2.24) is 20.2 Å². The summed E-state index contributed by atoms with van der Waals surface area (Å²) < 4.78 is 0.